The Labute approximate surface area is 244 Å². The van der Waals surface area contributed by atoms with Crippen molar-refractivity contribution in [1.82, 2.24) is 0 Å². The first-order valence-electron chi connectivity index (χ1n) is 12.3. The van der Waals surface area contributed by atoms with Crippen LogP contribution in [0.4, 0.5) is 8.78 Å². The molecule has 0 aliphatic heterocycles. The van der Waals surface area contributed by atoms with Gasteiger partial charge in [-0.05, 0) is 93.7 Å². The molecule has 6 aromatic carbocycles. The van der Waals surface area contributed by atoms with E-state index in [1.165, 1.54) is 24.3 Å². The molecule has 0 atom stereocenters. The number of fused-ring (bicyclic) bond motifs is 2. The van der Waals surface area contributed by atoms with Crippen molar-refractivity contribution >= 4 is 44.7 Å². The first-order chi connectivity index (χ1) is 19.7. The highest BCUT2D eigenvalue weighted by Crippen LogP contribution is 2.38. The summed E-state index contributed by atoms with van der Waals surface area (Å²) in [6.45, 7) is 0. The number of ether oxygens (including phenoxy) is 1. The molecule has 0 saturated heterocycles. The molecule has 0 spiro atoms. The van der Waals surface area contributed by atoms with Crippen molar-refractivity contribution in [2.75, 3.05) is 7.11 Å². The van der Waals surface area contributed by atoms with Gasteiger partial charge >= 0.3 is 0 Å². The zero-order valence-electron chi connectivity index (χ0n) is 21.5. The monoisotopic (exact) mass is 590 g/mol. The van der Waals surface area contributed by atoms with E-state index >= 15 is 0 Å². The maximum absolute atomic E-state index is 14.3. The molecule has 0 fully saturated rings. The largest absolute Gasteiger partial charge is 0.508 e. The molecule has 0 aliphatic rings. The second kappa shape index (κ2) is 11.5. The van der Waals surface area contributed by atoms with E-state index in [-0.39, 0.29) is 38.1 Å². The van der Waals surface area contributed by atoms with Gasteiger partial charge in [-0.2, -0.15) is 0 Å². The maximum Gasteiger partial charge on any atom is 0.134 e. The highest BCUT2D eigenvalue weighted by molar-refractivity contribution is 6.37. The van der Waals surface area contributed by atoms with Crippen LogP contribution in [-0.4, -0.2) is 22.4 Å². The van der Waals surface area contributed by atoms with E-state index in [2.05, 4.69) is 0 Å². The predicted octanol–water partition coefficient (Wildman–Crippen LogP) is 9.72. The number of benzene rings is 6. The van der Waals surface area contributed by atoms with Gasteiger partial charge in [-0.15, -0.1) is 0 Å². The van der Waals surface area contributed by atoms with E-state index in [4.69, 9.17) is 27.9 Å². The molecule has 0 aliphatic carbocycles. The molecule has 0 unspecified atom stereocenters. The van der Waals surface area contributed by atoms with Crippen molar-refractivity contribution in [2.45, 2.75) is 0 Å². The highest BCUT2D eigenvalue weighted by Gasteiger charge is 2.13. The highest BCUT2D eigenvalue weighted by atomic mass is 35.5. The van der Waals surface area contributed by atoms with Crippen molar-refractivity contribution in [2.24, 2.45) is 0 Å². The average Bonchev–Trinajstić information content (AvgIpc) is 2.97. The number of aromatic hydroxyl groups is 3. The second-order valence-electron chi connectivity index (χ2n) is 9.19. The summed E-state index contributed by atoms with van der Waals surface area (Å²) < 4.78 is 33.6. The second-order valence-corrected chi connectivity index (χ2v) is 9.94. The Bertz CT molecular complexity index is 1890. The molecule has 4 nitrogen and oxygen atoms in total. The lowest BCUT2D eigenvalue weighted by Gasteiger charge is -2.09. The van der Waals surface area contributed by atoms with Gasteiger partial charge < -0.3 is 20.1 Å². The molecular formula is C33H22Cl2F2O4. The Hall–Kier alpha value is -4.52. The first kappa shape index (κ1) is 28.0. The third kappa shape index (κ3) is 5.71. The van der Waals surface area contributed by atoms with Crippen molar-refractivity contribution in [3.63, 3.8) is 0 Å². The third-order valence-electron chi connectivity index (χ3n) is 6.60. The molecule has 0 amide bonds. The minimum absolute atomic E-state index is 0.0113. The van der Waals surface area contributed by atoms with Gasteiger partial charge in [0.1, 0.15) is 34.6 Å². The van der Waals surface area contributed by atoms with Crippen LogP contribution in [-0.2, 0) is 0 Å². The molecule has 0 heterocycles. The molecule has 206 valence electrons. The topological polar surface area (TPSA) is 69.9 Å². The summed E-state index contributed by atoms with van der Waals surface area (Å²) in [4.78, 5) is 0. The summed E-state index contributed by atoms with van der Waals surface area (Å²) in [5.74, 6) is -0.322. The number of hydrogen-bond acceptors (Lipinski definition) is 4. The smallest absolute Gasteiger partial charge is 0.134 e. The number of hydrogen-bond donors (Lipinski definition) is 3. The fourth-order valence-corrected chi connectivity index (χ4v) is 5.02. The van der Waals surface area contributed by atoms with Crippen LogP contribution in [0, 0.1) is 11.6 Å². The summed E-state index contributed by atoms with van der Waals surface area (Å²) in [6.07, 6.45) is 0. The fourth-order valence-electron chi connectivity index (χ4n) is 4.49. The van der Waals surface area contributed by atoms with Crippen LogP contribution in [0.3, 0.4) is 0 Å². The standard InChI is InChI=1S/C17H12ClFO2.C16H10ClFO2/c1-21-13-5-2-10(3-6-13)12-8-11-4-7-15(20)17(18)16(11)14(19)9-12;17-16-14(20)6-3-10-7-11(8-13(18)15(10)16)9-1-4-12(19)5-2-9/h2-9,20H,1H3;1-8,19-20H. The Morgan fingerprint density at radius 2 is 0.951 bits per heavy atom. The van der Waals surface area contributed by atoms with Crippen LogP contribution < -0.4 is 4.74 Å². The molecule has 6 aromatic rings. The SMILES string of the molecule is COc1ccc(-c2cc(F)c3c(Cl)c(O)ccc3c2)cc1.Oc1ccc(-c2cc(F)c3c(Cl)c(O)ccc3c2)cc1. The first-order valence-corrected chi connectivity index (χ1v) is 13.1. The van der Waals surface area contributed by atoms with Gasteiger partial charge in [0.25, 0.3) is 0 Å². The summed E-state index contributed by atoms with van der Waals surface area (Å²) >= 11 is 11.9. The average molecular weight is 591 g/mol. The van der Waals surface area contributed by atoms with Crippen LogP contribution in [0.5, 0.6) is 23.0 Å². The third-order valence-corrected chi connectivity index (χ3v) is 7.36. The van der Waals surface area contributed by atoms with Crippen LogP contribution in [0.1, 0.15) is 0 Å². The molecular weight excluding hydrogens is 569 g/mol. The van der Waals surface area contributed by atoms with E-state index in [0.29, 0.717) is 16.3 Å². The molecule has 0 radical (unpaired) electrons. The van der Waals surface area contributed by atoms with E-state index in [1.54, 1.807) is 49.6 Å². The van der Waals surface area contributed by atoms with Crippen molar-refractivity contribution in [1.29, 1.82) is 0 Å². The Balaban J connectivity index is 0.000000165. The van der Waals surface area contributed by atoms with Gasteiger partial charge in [-0.3, -0.25) is 0 Å². The van der Waals surface area contributed by atoms with Gasteiger partial charge in [0.15, 0.2) is 0 Å². The van der Waals surface area contributed by atoms with E-state index in [0.717, 1.165) is 22.4 Å². The zero-order valence-corrected chi connectivity index (χ0v) is 23.0. The fraction of sp³-hybridized carbons (Fsp3) is 0.0303. The zero-order chi connectivity index (χ0) is 29.3. The lowest BCUT2D eigenvalue weighted by Crippen LogP contribution is -1.87. The Kier molecular flexibility index (Phi) is 7.88. The van der Waals surface area contributed by atoms with E-state index in [1.807, 2.05) is 30.3 Å². The number of halogens is 4. The summed E-state index contributed by atoms with van der Waals surface area (Å²) in [7, 11) is 1.60. The van der Waals surface area contributed by atoms with Crippen LogP contribution in [0.2, 0.25) is 10.0 Å². The van der Waals surface area contributed by atoms with Crippen molar-refractivity contribution in [3.05, 3.63) is 119 Å². The minimum Gasteiger partial charge on any atom is -0.508 e. The summed E-state index contributed by atoms with van der Waals surface area (Å²) in [6, 6.07) is 26.4. The van der Waals surface area contributed by atoms with E-state index < -0.39 is 11.6 Å². The number of phenols is 3. The molecule has 0 saturated carbocycles. The number of phenolic OH excluding ortho intramolecular Hbond substituents is 3. The van der Waals surface area contributed by atoms with Gasteiger partial charge in [0, 0.05) is 10.8 Å². The van der Waals surface area contributed by atoms with E-state index in [9.17, 15) is 24.1 Å². The lowest BCUT2D eigenvalue weighted by atomic mass is 10.0. The number of rotatable bonds is 3. The summed E-state index contributed by atoms with van der Waals surface area (Å²) in [5, 5.41) is 30.1. The van der Waals surface area contributed by atoms with Gasteiger partial charge in [-0.25, -0.2) is 8.78 Å². The molecule has 0 aromatic heterocycles. The molecule has 8 heteroatoms. The Morgan fingerprint density at radius 1 is 0.537 bits per heavy atom. The minimum atomic E-state index is -0.494. The molecule has 6 rings (SSSR count). The molecule has 41 heavy (non-hydrogen) atoms. The van der Waals surface area contributed by atoms with Crippen molar-refractivity contribution < 1.29 is 28.8 Å². The summed E-state index contributed by atoms with van der Waals surface area (Å²) in [5.41, 5.74) is 3.08. The molecule has 3 N–H and O–H groups in total. The van der Waals surface area contributed by atoms with Crippen molar-refractivity contribution in [3.8, 4) is 45.3 Å². The predicted molar refractivity (Wildman–Crippen MR) is 160 cm³/mol. The quantitative estimate of drug-likeness (QED) is 0.192. The normalized spacial score (nSPS) is 10.9. The lowest BCUT2D eigenvalue weighted by molar-refractivity contribution is 0.415. The van der Waals surface area contributed by atoms with Gasteiger partial charge in [0.2, 0.25) is 0 Å². The van der Waals surface area contributed by atoms with Crippen LogP contribution >= 0.6 is 23.2 Å². The van der Waals surface area contributed by atoms with Gasteiger partial charge in [0.05, 0.1) is 17.2 Å². The molecule has 0 bridgehead atoms. The van der Waals surface area contributed by atoms with Crippen LogP contribution in [0.15, 0.2) is 97.1 Å². The Morgan fingerprint density at radius 3 is 1.37 bits per heavy atom. The van der Waals surface area contributed by atoms with Crippen LogP contribution in [0.25, 0.3) is 43.8 Å². The maximum atomic E-state index is 14.3. The van der Waals surface area contributed by atoms with Gasteiger partial charge in [-0.1, -0.05) is 59.6 Å². The number of methoxy groups -OCH3 is 1.